The van der Waals surface area contributed by atoms with Gasteiger partial charge in [0, 0.05) is 13.1 Å². The molecular weight excluding hydrogens is 376 g/mol. The summed E-state index contributed by atoms with van der Waals surface area (Å²) in [6.07, 6.45) is 0. The molecule has 8 nitrogen and oxygen atoms in total. The molecule has 3 aromatic rings. The lowest BCUT2D eigenvalue weighted by molar-refractivity contribution is -0.383. The van der Waals surface area contributed by atoms with Crippen molar-refractivity contribution >= 4 is 50.6 Å². The molecule has 0 saturated heterocycles. The molecule has 2 heterocycles. The zero-order valence-corrected chi connectivity index (χ0v) is 15.5. The van der Waals surface area contributed by atoms with Crippen LogP contribution in [0.5, 0.6) is 0 Å². The molecule has 0 saturated carbocycles. The summed E-state index contributed by atoms with van der Waals surface area (Å²) in [5.74, 6) is -0.413. The number of hydrogen-bond donors (Lipinski definition) is 1. The van der Waals surface area contributed by atoms with Crippen LogP contribution in [-0.2, 0) is 11.8 Å². The molecule has 1 amide bonds. The second kappa shape index (κ2) is 7.26. The lowest BCUT2D eigenvalue weighted by atomic mass is 10.2. The highest BCUT2D eigenvalue weighted by atomic mass is 32.2. The minimum atomic E-state index is -0.607. The molecule has 0 fully saturated rings. The zero-order valence-electron chi connectivity index (χ0n) is 13.8. The number of amides is 1. The molecule has 10 heteroatoms. The highest BCUT2D eigenvalue weighted by Gasteiger charge is 2.21. The standard InChI is InChI=1S/C16H14N4O4S2/c1-9(14(21)17-10-5-3-4-6-12(10)20(23)24)26-16-18-11-7-8-25-13(11)15(22)19(16)2/h3-9H,1-2H3,(H,17,21). The van der Waals surface area contributed by atoms with Gasteiger partial charge in [-0.25, -0.2) is 4.98 Å². The number of aromatic nitrogens is 2. The molecular formula is C16H14N4O4S2. The van der Waals surface area contributed by atoms with Crippen molar-refractivity contribution in [3.8, 4) is 0 Å². The van der Waals surface area contributed by atoms with Crippen molar-refractivity contribution in [2.75, 3.05) is 5.32 Å². The Hall–Kier alpha value is -2.72. The molecule has 1 aromatic carbocycles. The first-order valence-electron chi connectivity index (χ1n) is 7.53. The number of hydrogen-bond acceptors (Lipinski definition) is 7. The highest BCUT2D eigenvalue weighted by Crippen LogP contribution is 2.27. The molecule has 0 spiro atoms. The molecule has 0 radical (unpaired) electrons. The van der Waals surface area contributed by atoms with Gasteiger partial charge in [0.05, 0.1) is 15.7 Å². The molecule has 0 bridgehead atoms. The number of thioether (sulfide) groups is 1. The van der Waals surface area contributed by atoms with Gasteiger partial charge in [-0.2, -0.15) is 0 Å². The van der Waals surface area contributed by atoms with Gasteiger partial charge in [0.1, 0.15) is 10.4 Å². The minimum Gasteiger partial charge on any atom is -0.319 e. The van der Waals surface area contributed by atoms with E-state index in [0.717, 1.165) is 11.8 Å². The molecule has 3 rings (SSSR count). The molecule has 1 N–H and O–H groups in total. The fourth-order valence-corrected chi connectivity index (χ4v) is 3.94. The van der Waals surface area contributed by atoms with E-state index in [1.54, 1.807) is 31.5 Å². The van der Waals surface area contributed by atoms with Gasteiger partial charge in [-0.05, 0) is 24.4 Å². The first-order valence-corrected chi connectivity index (χ1v) is 9.29. The average molecular weight is 390 g/mol. The summed E-state index contributed by atoms with van der Waals surface area (Å²) in [5, 5.41) is 15.2. The Labute approximate surface area is 156 Å². The third-order valence-corrected chi connectivity index (χ3v) is 5.69. The number of carbonyl (C=O) groups excluding carboxylic acids is 1. The van der Waals surface area contributed by atoms with Crippen LogP contribution >= 0.6 is 23.1 Å². The van der Waals surface area contributed by atoms with Gasteiger partial charge in [-0.1, -0.05) is 23.9 Å². The monoisotopic (exact) mass is 390 g/mol. The second-order valence-corrected chi connectivity index (χ2v) is 7.64. The Balaban J connectivity index is 1.81. The van der Waals surface area contributed by atoms with Crippen LogP contribution in [-0.4, -0.2) is 25.6 Å². The normalized spacial score (nSPS) is 12.1. The predicted molar refractivity (Wildman–Crippen MR) is 102 cm³/mol. The van der Waals surface area contributed by atoms with Gasteiger partial charge in [-0.15, -0.1) is 11.3 Å². The molecule has 26 heavy (non-hydrogen) atoms. The molecule has 0 aliphatic carbocycles. The largest absolute Gasteiger partial charge is 0.319 e. The van der Waals surface area contributed by atoms with Crippen molar-refractivity contribution in [2.24, 2.45) is 7.05 Å². The molecule has 134 valence electrons. The topological polar surface area (TPSA) is 107 Å². The van der Waals surface area contributed by atoms with E-state index in [-0.39, 0.29) is 16.9 Å². The number of thiophene rings is 1. The van der Waals surface area contributed by atoms with Crippen LogP contribution in [0.2, 0.25) is 0 Å². The fraction of sp³-hybridized carbons (Fsp3) is 0.188. The number of nitrogens with zero attached hydrogens (tertiary/aromatic N) is 3. The molecule has 1 unspecified atom stereocenters. The molecule has 2 aromatic heterocycles. The summed E-state index contributed by atoms with van der Waals surface area (Å²) in [7, 11) is 1.60. The van der Waals surface area contributed by atoms with E-state index in [0.29, 0.717) is 15.4 Å². The molecule has 1 atom stereocenters. The van der Waals surface area contributed by atoms with Gasteiger partial charge in [0.25, 0.3) is 11.2 Å². The lowest BCUT2D eigenvalue weighted by Crippen LogP contribution is -2.25. The van der Waals surface area contributed by atoms with Crippen molar-refractivity contribution in [1.82, 2.24) is 9.55 Å². The summed E-state index contributed by atoms with van der Waals surface area (Å²) in [4.78, 5) is 39.7. The van der Waals surface area contributed by atoms with Gasteiger partial charge < -0.3 is 5.32 Å². The predicted octanol–water partition coefficient (Wildman–Crippen LogP) is 3.02. The number of anilines is 1. The summed E-state index contributed by atoms with van der Waals surface area (Å²) >= 11 is 2.44. The number of nitrogens with one attached hydrogen (secondary N) is 1. The van der Waals surface area contributed by atoms with E-state index >= 15 is 0 Å². The summed E-state index contributed by atoms with van der Waals surface area (Å²) in [5.41, 5.74) is 0.374. The van der Waals surface area contributed by atoms with Crippen LogP contribution in [0.4, 0.5) is 11.4 Å². The van der Waals surface area contributed by atoms with Crippen molar-refractivity contribution < 1.29 is 9.72 Å². The summed E-state index contributed by atoms with van der Waals surface area (Å²) in [6, 6.07) is 7.68. The first kappa shape index (κ1) is 18.1. The number of para-hydroxylation sites is 2. The average Bonchev–Trinajstić information content (AvgIpc) is 3.08. The third kappa shape index (κ3) is 3.46. The maximum atomic E-state index is 12.4. The van der Waals surface area contributed by atoms with Crippen molar-refractivity contribution in [1.29, 1.82) is 0 Å². The number of benzene rings is 1. The van der Waals surface area contributed by atoms with Crippen molar-refractivity contribution in [3.63, 3.8) is 0 Å². The zero-order chi connectivity index (χ0) is 18.8. The maximum Gasteiger partial charge on any atom is 0.292 e. The SMILES string of the molecule is CC(Sc1nc2ccsc2c(=O)n1C)C(=O)Nc1ccccc1[N+](=O)[O-]. The van der Waals surface area contributed by atoms with E-state index in [1.165, 1.54) is 34.1 Å². The van der Waals surface area contributed by atoms with Crippen LogP contribution in [0.25, 0.3) is 10.2 Å². The van der Waals surface area contributed by atoms with E-state index < -0.39 is 16.1 Å². The Morgan fingerprint density at radius 3 is 2.85 bits per heavy atom. The Bertz CT molecular complexity index is 1060. The number of nitro benzene ring substituents is 1. The lowest BCUT2D eigenvalue weighted by Gasteiger charge is -2.13. The minimum absolute atomic E-state index is 0.130. The van der Waals surface area contributed by atoms with Crippen LogP contribution < -0.4 is 10.9 Å². The fourth-order valence-electron chi connectivity index (χ4n) is 2.26. The van der Waals surface area contributed by atoms with Crippen molar-refractivity contribution in [3.05, 3.63) is 56.2 Å². The van der Waals surface area contributed by atoms with Gasteiger partial charge in [0.15, 0.2) is 5.16 Å². The third-order valence-electron chi connectivity index (χ3n) is 3.66. The maximum absolute atomic E-state index is 12.4. The number of carbonyl (C=O) groups is 1. The van der Waals surface area contributed by atoms with E-state index in [2.05, 4.69) is 10.3 Å². The Kier molecular flexibility index (Phi) is 5.05. The number of fused-ring (bicyclic) bond motifs is 1. The van der Waals surface area contributed by atoms with E-state index in [4.69, 9.17) is 0 Å². The van der Waals surface area contributed by atoms with Crippen LogP contribution in [0.1, 0.15) is 6.92 Å². The number of nitro groups is 1. The quantitative estimate of drug-likeness (QED) is 0.311. The van der Waals surface area contributed by atoms with Gasteiger partial charge in [-0.3, -0.25) is 24.3 Å². The van der Waals surface area contributed by atoms with Gasteiger partial charge in [0.2, 0.25) is 5.91 Å². The van der Waals surface area contributed by atoms with Crippen LogP contribution in [0.15, 0.2) is 45.7 Å². The molecule has 0 aliphatic rings. The second-order valence-electron chi connectivity index (χ2n) is 5.42. The van der Waals surface area contributed by atoms with E-state index in [1.807, 2.05) is 0 Å². The van der Waals surface area contributed by atoms with Crippen LogP contribution in [0, 0.1) is 10.1 Å². The first-order chi connectivity index (χ1) is 12.4. The Morgan fingerprint density at radius 1 is 1.38 bits per heavy atom. The highest BCUT2D eigenvalue weighted by molar-refractivity contribution is 8.00. The van der Waals surface area contributed by atoms with E-state index in [9.17, 15) is 19.7 Å². The van der Waals surface area contributed by atoms with Gasteiger partial charge >= 0.3 is 0 Å². The van der Waals surface area contributed by atoms with Crippen LogP contribution in [0.3, 0.4) is 0 Å². The smallest absolute Gasteiger partial charge is 0.292 e. The molecule has 0 aliphatic heterocycles. The Morgan fingerprint density at radius 2 is 2.12 bits per heavy atom. The van der Waals surface area contributed by atoms with Crippen molar-refractivity contribution in [2.45, 2.75) is 17.3 Å². The number of rotatable bonds is 5. The summed E-state index contributed by atoms with van der Waals surface area (Å²) in [6.45, 7) is 1.65. The summed E-state index contributed by atoms with van der Waals surface area (Å²) < 4.78 is 1.96.